The molecule has 0 aliphatic carbocycles. The second-order valence-electron chi connectivity index (χ2n) is 2.55. The first-order valence-electron chi connectivity index (χ1n) is 4.18. The lowest BCUT2D eigenvalue weighted by Crippen LogP contribution is -2.22. The molecule has 72 valence electrons. The molecule has 0 bridgehead atoms. The number of unbranched alkanes of at least 4 members (excludes halogenated alkanes) is 3. The predicted molar refractivity (Wildman–Crippen MR) is 49.3 cm³/mol. The summed E-state index contributed by atoms with van der Waals surface area (Å²) in [5.41, 5.74) is 15.4. The second kappa shape index (κ2) is 8.13. The van der Waals surface area contributed by atoms with Crippen LogP contribution in [0.2, 0.25) is 0 Å². The van der Waals surface area contributed by atoms with E-state index < -0.39 is 0 Å². The molecule has 0 aliphatic heterocycles. The van der Waals surface area contributed by atoms with Crippen molar-refractivity contribution in [3.63, 3.8) is 0 Å². The minimum absolute atomic E-state index is 0.0306. The molecule has 6 N–H and O–H groups in total. The van der Waals surface area contributed by atoms with Crippen molar-refractivity contribution in [2.45, 2.75) is 25.7 Å². The minimum atomic E-state index is -0.0306. The summed E-state index contributed by atoms with van der Waals surface area (Å²) < 4.78 is 0. The molecular formula is C7H18N4O. The Bertz CT molecular complexity index is 123. The van der Waals surface area contributed by atoms with E-state index in [1.807, 2.05) is 0 Å². The van der Waals surface area contributed by atoms with Gasteiger partial charge in [-0.3, -0.25) is 0 Å². The number of rotatable bonds is 7. The fraction of sp³-hybridized carbons (Fsp3) is 0.857. The Balaban J connectivity index is 2.96. The molecule has 12 heavy (non-hydrogen) atoms. The Hall–Kier alpha value is -0.970. The zero-order chi connectivity index (χ0) is 9.23. The van der Waals surface area contributed by atoms with Gasteiger partial charge in [0.2, 0.25) is 5.96 Å². The standard InChI is InChI=1S/C7H18N4O/c8-5-3-1-2-4-6-12-11-7(9)10/h1-6,8H2,(H4,9,10,11). The van der Waals surface area contributed by atoms with Crippen molar-refractivity contribution in [2.75, 3.05) is 13.2 Å². The van der Waals surface area contributed by atoms with Crippen LogP contribution in [0, 0.1) is 0 Å². The lowest BCUT2D eigenvalue weighted by atomic mass is 10.2. The fourth-order valence-electron chi connectivity index (χ4n) is 0.785. The lowest BCUT2D eigenvalue weighted by molar-refractivity contribution is 0.139. The van der Waals surface area contributed by atoms with Crippen LogP contribution < -0.4 is 17.2 Å². The highest BCUT2D eigenvalue weighted by molar-refractivity contribution is 5.74. The van der Waals surface area contributed by atoms with Gasteiger partial charge >= 0.3 is 0 Å². The normalized spacial score (nSPS) is 9.42. The number of oxime groups is 1. The third-order valence-corrected chi connectivity index (χ3v) is 1.36. The molecule has 0 saturated carbocycles. The van der Waals surface area contributed by atoms with Crippen LogP contribution in [0.4, 0.5) is 0 Å². The maximum atomic E-state index is 5.32. The quantitative estimate of drug-likeness (QED) is 0.214. The zero-order valence-electron chi connectivity index (χ0n) is 7.33. The number of nitrogens with zero attached hydrogens (tertiary/aromatic N) is 1. The monoisotopic (exact) mass is 174 g/mol. The van der Waals surface area contributed by atoms with Gasteiger partial charge in [0.25, 0.3) is 0 Å². The van der Waals surface area contributed by atoms with Gasteiger partial charge in [0.1, 0.15) is 6.61 Å². The Morgan fingerprint density at radius 2 is 1.75 bits per heavy atom. The van der Waals surface area contributed by atoms with E-state index in [4.69, 9.17) is 22.0 Å². The second-order valence-corrected chi connectivity index (χ2v) is 2.55. The van der Waals surface area contributed by atoms with Crippen molar-refractivity contribution in [2.24, 2.45) is 22.4 Å². The first kappa shape index (κ1) is 11.0. The van der Waals surface area contributed by atoms with Crippen molar-refractivity contribution in [1.29, 1.82) is 0 Å². The predicted octanol–water partition coefficient (Wildman–Crippen LogP) is -0.289. The van der Waals surface area contributed by atoms with Crippen molar-refractivity contribution in [3.8, 4) is 0 Å². The van der Waals surface area contributed by atoms with Crippen LogP contribution in [0.25, 0.3) is 0 Å². The molecule has 0 fully saturated rings. The summed E-state index contributed by atoms with van der Waals surface area (Å²) in [4.78, 5) is 4.78. The molecule has 0 radical (unpaired) electrons. The molecule has 0 unspecified atom stereocenters. The topological polar surface area (TPSA) is 99.6 Å². The Labute approximate surface area is 72.9 Å². The first-order chi connectivity index (χ1) is 5.77. The van der Waals surface area contributed by atoms with Gasteiger partial charge in [0, 0.05) is 0 Å². The molecular weight excluding hydrogens is 156 g/mol. The summed E-state index contributed by atoms with van der Waals surface area (Å²) in [6.07, 6.45) is 4.29. The molecule has 0 aromatic rings. The molecule has 5 nitrogen and oxygen atoms in total. The van der Waals surface area contributed by atoms with Crippen molar-refractivity contribution < 1.29 is 4.84 Å². The summed E-state index contributed by atoms with van der Waals surface area (Å²) in [6, 6.07) is 0. The van der Waals surface area contributed by atoms with Crippen molar-refractivity contribution in [3.05, 3.63) is 0 Å². The van der Waals surface area contributed by atoms with Crippen LogP contribution in [0.1, 0.15) is 25.7 Å². The van der Waals surface area contributed by atoms with Gasteiger partial charge in [-0.1, -0.05) is 6.42 Å². The molecule has 5 heteroatoms. The van der Waals surface area contributed by atoms with Gasteiger partial charge in [-0.05, 0) is 31.0 Å². The SMILES string of the molecule is NCCCCCCON=C(N)N. The van der Waals surface area contributed by atoms with Gasteiger partial charge < -0.3 is 22.0 Å². The van der Waals surface area contributed by atoms with Gasteiger partial charge in [0.05, 0.1) is 0 Å². The largest absolute Gasteiger partial charge is 0.393 e. The van der Waals surface area contributed by atoms with E-state index in [1.54, 1.807) is 0 Å². The summed E-state index contributed by atoms with van der Waals surface area (Å²) in [6.45, 7) is 1.33. The number of hydrogen-bond donors (Lipinski definition) is 3. The third-order valence-electron chi connectivity index (χ3n) is 1.36. The minimum Gasteiger partial charge on any atom is -0.393 e. The smallest absolute Gasteiger partial charge is 0.228 e. The van der Waals surface area contributed by atoms with Gasteiger partial charge in [-0.25, -0.2) is 0 Å². The molecule has 0 atom stereocenters. The first-order valence-corrected chi connectivity index (χ1v) is 4.18. The molecule has 0 saturated heterocycles. The van der Waals surface area contributed by atoms with E-state index in [1.165, 1.54) is 0 Å². The van der Waals surface area contributed by atoms with E-state index in [0.29, 0.717) is 6.61 Å². The van der Waals surface area contributed by atoms with Gasteiger partial charge in [-0.15, -0.1) is 0 Å². The summed E-state index contributed by atoms with van der Waals surface area (Å²) in [5, 5.41) is 3.39. The third kappa shape index (κ3) is 9.03. The Kier molecular flexibility index (Phi) is 7.47. The number of guanidine groups is 1. The highest BCUT2D eigenvalue weighted by Crippen LogP contribution is 1.98. The summed E-state index contributed by atoms with van der Waals surface area (Å²) >= 11 is 0. The van der Waals surface area contributed by atoms with E-state index >= 15 is 0 Å². The van der Waals surface area contributed by atoms with Crippen molar-refractivity contribution in [1.82, 2.24) is 0 Å². The van der Waals surface area contributed by atoms with Crippen molar-refractivity contribution >= 4 is 5.96 Å². The van der Waals surface area contributed by atoms with Crippen LogP contribution in [0.15, 0.2) is 5.16 Å². The van der Waals surface area contributed by atoms with Crippen LogP contribution >= 0.6 is 0 Å². The van der Waals surface area contributed by atoms with E-state index in [0.717, 1.165) is 32.2 Å². The number of nitrogens with two attached hydrogens (primary N) is 3. The average Bonchev–Trinajstić information content (AvgIpc) is 2.02. The fourth-order valence-corrected chi connectivity index (χ4v) is 0.785. The summed E-state index contributed by atoms with van der Waals surface area (Å²) in [7, 11) is 0. The van der Waals surface area contributed by atoms with Crippen LogP contribution in [0.5, 0.6) is 0 Å². The molecule has 0 heterocycles. The molecule has 0 aromatic carbocycles. The highest BCUT2D eigenvalue weighted by Gasteiger charge is 1.88. The molecule has 0 aromatic heterocycles. The van der Waals surface area contributed by atoms with Crippen LogP contribution in [-0.4, -0.2) is 19.1 Å². The van der Waals surface area contributed by atoms with Gasteiger partial charge in [0.15, 0.2) is 0 Å². The molecule has 0 spiro atoms. The van der Waals surface area contributed by atoms with Crippen LogP contribution in [0.3, 0.4) is 0 Å². The average molecular weight is 174 g/mol. The Morgan fingerprint density at radius 3 is 2.33 bits per heavy atom. The molecule has 0 rings (SSSR count). The summed E-state index contributed by atoms with van der Waals surface area (Å²) in [5.74, 6) is -0.0306. The van der Waals surface area contributed by atoms with E-state index in [2.05, 4.69) is 5.16 Å². The highest BCUT2D eigenvalue weighted by atomic mass is 16.6. The van der Waals surface area contributed by atoms with Gasteiger partial charge in [-0.2, -0.15) is 0 Å². The Morgan fingerprint density at radius 1 is 1.08 bits per heavy atom. The molecule has 0 amide bonds. The van der Waals surface area contributed by atoms with Crippen LogP contribution in [-0.2, 0) is 4.84 Å². The number of hydrogen-bond acceptors (Lipinski definition) is 3. The molecule has 0 aliphatic rings. The van der Waals surface area contributed by atoms with E-state index in [9.17, 15) is 0 Å². The zero-order valence-corrected chi connectivity index (χ0v) is 7.33. The van der Waals surface area contributed by atoms with E-state index in [-0.39, 0.29) is 5.96 Å². The lowest BCUT2D eigenvalue weighted by Gasteiger charge is -1.99. The maximum absolute atomic E-state index is 5.32. The maximum Gasteiger partial charge on any atom is 0.228 e.